The molecule has 1 fully saturated rings. The number of halogens is 1. The van der Waals surface area contributed by atoms with Gasteiger partial charge in [-0.25, -0.2) is 4.39 Å². The molecule has 104 valence electrons. The van der Waals surface area contributed by atoms with E-state index in [1.807, 2.05) is 0 Å². The summed E-state index contributed by atoms with van der Waals surface area (Å²) in [4.78, 5) is 14.0. The van der Waals surface area contributed by atoms with Crippen LogP contribution in [0.4, 0.5) is 4.39 Å². The Bertz CT molecular complexity index is 483. The van der Waals surface area contributed by atoms with E-state index in [0.29, 0.717) is 13.1 Å². The number of benzene rings is 1. The number of likely N-dealkylation sites (tertiary alicyclic amines) is 1. The van der Waals surface area contributed by atoms with Gasteiger partial charge in [0.25, 0.3) is 5.91 Å². The fraction of sp³-hybridized carbons (Fsp3) is 0.533. The number of rotatable bonds is 3. The topological polar surface area (TPSA) is 40.5 Å². The molecule has 1 heterocycles. The van der Waals surface area contributed by atoms with E-state index < -0.39 is 5.82 Å². The number of carbonyl (C=O) groups excluding carboxylic acids is 1. The number of carbonyl (C=O) groups is 1. The Hall–Kier alpha value is -1.58. The van der Waals surface area contributed by atoms with Crippen LogP contribution in [0.1, 0.15) is 43.5 Å². The highest BCUT2D eigenvalue weighted by Crippen LogP contribution is 2.37. The average Bonchev–Trinajstić information content (AvgIpc) is 2.83. The van der Waals surface area contributed by atoms with Gasteiger partial charge < -0.3 is 10.0 Å². The van der Waals surface area contributed by atoms with Crippen LogP contribution in [0.3, 0.4) is 0 Å². The van der Waals surface area contributed by atoms with Crippen LogP contribution in [-0.4, -0.2) is 29.0 Å². The standard InChI is InChI=1S/C15H20FNO2/c1-3-15(4-2)7-8-17(10-15)14(19)12-6-5-11(18)9-13(12)16/h5-6,9,18H,3-4,7-8,10H2,1-2H3. The monoisotopic (exact) mass is 265 g/mol. The lowest BCUT2D eigenvalue weighted by atomic mass is 9.82. The van der Waals surface area contributed by atoms with Gasteiger partial charge in [0.15, 0.2) is 0 Å². The van der Waals surface area contributed by atoms with Gasteiger partial charge in [-0.05, 0) is 36.8 Å². The van der Waals surface area contributed by atoms with E-state index in [0.717, 1.165) is 25.3 Å². The van der Waals surface area contributed by atoms with Crippen LogP contribution in [0.15, 0.2) is 18.2 Å². The van der Waals surface area contributed by atoms with Crippen molar-refractivity contribution in [3.63, 3.8) is 0 Å². The minimum Gasteiger partial charge on any atom is -0.508 e. The van der Waals surface area contributed by atoms with Gasteiger partial charge in [-0.3, -0.25) is 4.79 Å². The van der Waals surface area contributed by atoms with Gasteiger partial charge >= 0.3 is 0 Å². The molecule has 1 aromatic carbocycles. The molecule has 0 spiro atoms. The number of phenols is 1. The Balaban J connectivity index is 2.17. The Morgan fingerprint density at radius 2 is 2.11 bits per heavy atom. The molecule has 1 aromatic rings. The van der Waals surface area contributed by atoms with Crippen molar-refractivity contribution >= 4 is 5.91 Å². The van der Waals surface area contributed by atoms with Gasteiger partial charge in [-0.1, -0.05) is 13.8 Å². The predicted molar refractivity (Wildman–Crippen MR) is 71.6 cm³/mol. The number of hydrogen-bond donors (Lipinski definition) is 1. The van der Waals surface area contributed by atoms with Crippen LogP contribution in [0.25, 0.3) is 0 Å². The molecule has 1 amide bonds. The van der Waals surface area contributed by atoms with Crippen molar-refractivity contribution < 1.29 is 14.3 Å². The van der Waals surface area contributed by atoms with Crippen molar-refractivity contribution in [2.75, 3.05) is 13.1 Å². The maximum Gasteiger partial charge on any atom is 0.256 e. The first-order valence-electron chi connectivity index (χ1n) is 6.79. The molecule has 0 radical (unpaired) electrons. The third-order valence-electron chi connectivity index (χ3n) is 4.41. The van der Waals surface area contributed by atoms with Gasteiger partial charge in [0.05, 0.1) is 5.56 Å². The highest BCUT2D eigenvalue weighted by molar-refractivity contribution is 5.94. The minimum atomic E-state index is -0.657. The van der Waals surface area contributed by atoms with E-state index in [4.69, 9.17) is 0 Å². The summed E-state index contributed by atoms with van der Waals surface area (Å²) in [5.41, 5.74) is 0.226. The van der Waals surface area contributed by atoms with Crippen LogP contribution >= 0.6 is 0 Å². The Morgan fingerprint density at radius 1 is 1.42 bits per heavy atom. The Morgan fingerprint density at radius 3 is 2.63 bits per heavy atom. The largest absolute Gasteiger partial charge is 0.508 e. The van der Waals surface area contributed by atoms with Crippen LogP contribution in [0.5, 0.6) is 5.75 Å². The van der Waals surface area contributed by atoms with Gasteiger partial charge in [0, 0.05) is 19.2 Å². The molecule has 4 heteroatoms. The van der Waals surface area contributed by atoms with E-state index in [1.54, 1.807) is 4.90 Å². The summed E-state index contributed by atoms with van der Waals surface area (Å²) in [7, 11) is 0. The highest BCUT2D eigenvalue weighted by atomic mass is 19.1. The average molecular weight is 265 g/mol. The van der Waals surface area contributed by atoms with Gasteiger partial charge in [0.1, 0.15) is 11.6 Å². The number of amides is 1. The molecular weight excluding hydrogens is 245 g/mol. The summed E-state index contributed by atoms with van der Waals surface area (Å²) < 4.78 is 13.7. The van der Waals surface area contributed by atoms with Gasteiger partial charge in [-0.2, -0.15) is 0 Å². The van der Waals surface area contributed by atoms with Crippen molar-refractivity contribution in [2.45, 2.75) is 33.1 Å². The first kappa shape index (κ1) is 13.8. The Kier molecular flexibility index (Phi) is 3.78. The molecule has 0 atom stereocenters. The molecule has 19 heavy (non-hydrogen) atoms. The first-order valence-corrected chi connectivity index (χ1v) is 6.79. The van der Waals surface area contributed by atoms with Crippen molar-refractivity contribution in [3.8, 4) is 5.75 Å². The van der Waals surface area contributed by atoms with Crippen LogP contribution in [-0.2, 0) is 0 Å². The number of phenolic OH excluding ortho intramolecular Hbond substituents is 1. The lowest BCUT2D eigenvalue weighted by molar-refractivity contribution is 0.0765. The molecule has 0 bridgehead atoms. The van der Waals surface area contributed by atoms with Crippen molar-refractivity contribution in [2.24, 2.45) is 5.41 Å². The maximum atomic E-state index is 13.7. The fourth-order valence-corrected chi connectivity index (χ4v) is 2.78. The van der Waals surface area contributed by atoms with Crippen LogP contribution in [0.2, 0.25) is 0 Å². The lowest BCUT2D eigenvalue weighted by Gasteiger charge is -2.26. The van der Waals surface area contributed by atoms with Crippen molar-refractivity contribution in [1.29, 1.82) is 0 Å². The summed E-state index contributed by atoms with van der Waals surface area (Å²) in [6.07, 6.45) is 3.04. The number of nitrogens with zero attached hydrogens (tertiary/aromatic N) is 1. The fourth-order valence-electron chi connectivity index (χ4n) is 2.78. The van der Waals surface area contributed by atoms with E-state index >= 15 is 0 Å². The third kappa shape index (κ3) is 2.57. The molecule has 0 unspecified atom stereocenters. The van der Waals surface area contributed by atoms with E-state index in [-0.39, 0.29) is 22.6 Å². The van der Waals surface area contributed by atoms with E-state index in [2.05, 4.69) is 13.8 Å². The zero-order chi connectivity index (χ0) is 14.0. The molecular formula is C15H20FNO2. The molecule has 0 saturated carbocycles. The zero-order valence-corrected chi connectivity index (χ0v) is 11.4. The highest BCUT2D eigenvalue weighted by Gasteiger charge is 2.37. The quantitative estimate of drug-likeness (QED) is 0.911. The van der Waals surface area contributed by atoms with Crippen LogP contribution < -0.4 is 0 Å². The minimum absolute atomic E-state index is 0.0424. The molecule has 1 aliphatic rings. The number of aromatic hydroxyl groups is 1. The molecule has 1 aliphatic heterocycles. The summed E-state index contributed by atoms with van der Waals surface area (Å²) in [5, 5.41) is 9.18. The Labute approximate surface area is 113 Å². The second kappa shape index (κ2) is 5.19. The molecule has 2 rings (SSSR count). The summed E-state index contributed by atoms with van der Waals surface area (Å²) in [6.45, 7) is 5.65. The molecule has 1 saturated heterocycles. The van der Waals surface area contributed by atoms with Gasteiger partial charge in [0.2, 0.25) is 0 Å². The first-order chi connectivity index (χ1) is 9.01. The molecule has 0 aliphatic carbocycles. The maximum absolute atomic E-state index is 13.7. The lowest BCUT2D eigenvalue weighted by Crippen LogP contribution is -2.32. The molecule has 1 N–H and O–H groups in total. The van der Waals surface area contributed by atoms with E-state index in [9.17, 15) is 14.3 Å². The van der Waals surface area contributed by atoms with Crippen LogP contribution in [0, 0.1) is 11.2 Å². The summed E-state index contributed by atoms with van der Waals surface area (Å²) in [6, 6.07) is 3.68. The zero-order valence-electron chi connectivity index (χ0n) is 11.4. The molecule has 0 aromatic heterocycles. The van der Waals surface area contributed by atoms with Crippen molar-refractivity contribution in [3.05, 3.63) is 29.6 Å². The normalized spacial score (nSPS) is 17.7. The second-order valence-corrected chi connectivity index (χ2v) is 5.35. The van der Waals surface area contributed by atoms with Crippen molar-refractivity contribution in [1.82, 2.24) is 4.90 Å². The smallest absolute Gasteiger partial charge is 0.256 e. The predicted octanol–water partition coefficient (Wildman–Crippen LogP) is 3.18. The van der Waals surface area contributed by atoms with E-state index in [1.165, 1.54) is 12.1 Å². The second-order valence-electron chi connectivity index (χ2n) is 5.35. The summed E-state index contributed by atoms with van der Waals surface area (Å²) >= 11 is 0. The SMILES string of the molecule is CCC1(CC)CCN(C(=O)c2ccc(O)cc2F)C1. The van der Waals surface area contributed by atoms with Gasteiger partial charge in [-0.15, -0.1) is 0 Å². The summed E-state index contributed by atoms with van der Waals surface area (Å²) in [5.74, 6) is -1.09. The molecule has 3 nitrogen and oxygen atoms in total. The number of hydrogen-bond acceptors (Lipinski definition) is 2. The third-order valence-corrected chi connectivity index (χ3v) is 4.41.